The van der Waals surface area contributed by atoms with Crippen LogP contribution in [0.4, 0.5) is 5.69 Å². The van der Waals surface area contributed by atoms with Gasteiger partial charge in [-0.1, -0.05) is 71.4 Å². The van der Waals surface area contributed by atoms with Gasteiger partial charge in [0.15, 0.2) is 0 Å². The van der Waals surface area contributed by atoms with Crippen molar-refractivity contribution in [1.82, 2.24) is 14.6 Å². The number of amides is 2. The van der Waals surface area contributed by atoms with E-state index >= 15 is 0 Å². The van der Waals surface area contributed by atoms with E-state index in [-0.39, 0.29) is 55.4 Å². The van der Waals surface area contributed by atoms with Crippen molar-refractivity contribution in [3.63, 3.8) is 0 Å². The summed E-state index contributed by atoms with van der Waals surface area (Å²) in [7, 11) is -4.19. The number of nitrogens with zero attached hydrogens (tertiary/aromatic N) is 2. The van der Waals surface area contributed by atoms with Gasteiger partial charge in [0.05, 0.1) is 20.5 Å². The molecule has 3 N–H and O–H groups in total. The summed E-state index contributed by atoms with van der Waals surface area (Å²) >= 11 is 24.3. The van der Waals surface area contributed by atoms with Crippen LogP contribution in [-0.4, -0.2) is 59.2 Å². The van der Waals surface area contributed by atoms with Crippen LogP contribution in [0, 0.1) is 11.8 Å². The molecule has 1 aliphatic heterocycles. The molecule has 3 aromatic rings. The molecular formula is C30H28Cl4N4O6S. The first-order valence-electron chi connectivity index (χ1n) is 14.1. The van der Waals surface area contributed by atoms with Gasteiger partial charge in [-0.3, -0.25) is 14.6 Å². The largest absolute Gasteiger partial charge is 0.480 e. The predicted molar refractivity (Wildman–Crippen MR) is 172 cm³/mol. The first kappa shape index (κ1) is 33.4. The predicted octanol–water partition coefficient (Wildman–Crippen LogP) is 5.94. The molecule has 0 spiro atoms. The minimum absolute atomic E-state index is 0.0399. The molecule has 238 valence electrons. The second-order valence-electron chi connectivity index (χ2n) is 11.1. The van der Waals surface area contributed by atoms with E-state index in [9.17, 15) is 27.9 Å². The number of anilines is 1. The average Bonchev–Trinajstić information content (AvgIpc) is 3.38. The van der Waals surface area contributed by atoms with Gasteiger partial charge in [-0.05, 0) is 60.6 Å². The molecule has 2 aliphatic rings. The van der Waals surface area contributed by atoms with Gasteiger partial charge in [0, 0.05) is 41.1 Å². The van der Waals surface area contributed by atoms with Crippen LogP contribution in [0.5, 0.6) is 0 Å². The Morgan fingerprint density at radius 1 is 0.956 bits per heavy atom. The first-order chi connectivity index (χ1) is 21.3. The summed E-state index contributed by atoms with van der Waals surface area (Å²) in [5.74, 6) is -2.81. The Morgan fingerprint density at radius 3 is 2.20 bits per heavy atom. The van der Waals surface area contributed by atoms with E-state index in [0.29, 0.717) is 17.7 Å². The number of hydrogen-bond acceptors (Lipinski definition) is 6. The highest BCUT2D eigenvalue weighted by atomic mass is 35.5. The summed E-state index contributed by atoms with van der Waals surface area (Å²) in [6, 6.07) is 7.92. The van der Waals surface area contributed by atoms with Crippen molar-refractivity contribution in [2.75, 3.05) is 11.9 Å². The highest BCUT2D eigenvalue weighted by Crippen LogP contribution is 2.43. The Morgan fingerprint density at radius 2 is 1.58 bits per heavy atom. The number of halogens is 4. The molecule has 45 heavy (non-hydrogen) atoms. The number of sulfonamides is 1. The quantitative estimate of drug-likeness (QED) is 0.249. The normalized spacial score (nSPS) is 20.7. The Hall–Kier alpha value is -2.93. The van der Waals surface area contributed by atoms with Crippen molar-refractivity contribution >= 4 is 79.9 Å². The van der Waals surface area contributed by atoms with Gasteiger partial charge in [0.25, 0.3) is 5.91 Å². The van der Waals surface area contributed by atoms with E-state index in [1.165, 1.54) is 34.9 Å². The Kier molecular flexibility index (Phi) is 10.3. The van der Waals surface area contributed by atoms with E-state index < -0.39 is 39.9 Å². The van der Waals surface area contributed by atoms with Crippen LogP contribution < -0.4 is 10.6 Å². The fourth-order valence-corrected chi connectivity index (χ4v) is 9.01. The number of carbonyl (C=O) groups is 3. The van der Waals surface area contributed by atoms with Crippen LogP contribution in [-0.2, 0) is 26.0 Å². The second-order valence-corrected chi connectivity index (χ2v) is 14.6. The first-order valence-corrected chi connectivity index (χ1v) is 17.0. The van der Waals surface area contributed by atoms with Crippen molar-refractivity contribution < 1.29 is 27.9 Å². The van der Waals surface area contributed by atoms with Crippen molar-refractivity contribution in [3.8, 4) is 0 Å². The van der Waals surface area contributed by atoms with E-state index in [4.69, 9.17) is 46.4 Å². The Bertz CT molecular complexity index is 1700. The van der Waals surface area contributed by atoms with Crippen molar-refractivity contribution in [2.45, 2.75) is 49.1 Å². The Balaban J connectivity index is 1.33. The molecule has 1 saturated carbocycles. The maximum Gasteiger partial charge on any atom is 0.326 e. The van der Waals surface area contributed by atoms with Gasteiger partial charge in [-0.2, -0.15) is 4.31 Å². The van der Waals surface area contributed by atoms with E-state index in [2.05, 4.69) is 15.6 Å². The zero-order valence-corrected chi connectivity index (χ0v) is 27.4. The van der Waals surface area contributed by atoms with Gasteiger partial charge in [0.2, 0.25) is 15.9 Å². The molecule has 2 amide bonds. The summed E-state index contributed by atoms with van der Waals surface area (Å²) in [4.78, 5) is 42.4. The lowest BCUT2D eigenvalue weighted by atomic mass is 9.78. The van der Waals surface area contributed by atoms with Gasteiger partial charge in [0.1, 0.15) is 12.1 Å². The third-order valence-electron chi connectivity index (χ3n) is 8.16. The monoisotopic (exact) mass is 712 g/mol. The average molecular weight is 714 g/mol. The molecule has 2 heterocycles. The molecule has 5 rings (SSSR count). The number of carbonyl (C=O) groups excluding carboxylic acids is 2. The van der Waals surface area contributed by atoms with Crippen molar-refractivity contribution in [2.24, 2.45) is 11.8 Å². The minimum atomic E-state index is -4.19. The zero-order valence-electron chi connectivity index (χ0n) is 23.6. The number of aromatic nitrogens is 1. The lowest BCUT2D eigenvalue weighted by Gasteiger charge is -2.30. The maximum atomic E-state index is 13.8. The van der Waals surface area contributed by atoms with Gasteiger partial charge in [-0.25, -0.2) is 13.2 Å². The van der Waals surface area contributed by atoms with Crippen molar-refractivity contribution in [3.05, 3.63) is 86.1 Å². The zero-order chi connectivity index (χ0) is 32.5. The topological polar surface area (TPSA) is 146 Å². The highest BCUT2D eigenvalue weighted by molar-refractivity contribution is 7.89. The highest BCUT2D eigenvalue weighted by Gasteiger charge is 2.51. The molecule has 0 radical (unpaired) electrons. The number of benzene rings is 2. The van der Waals surface area contributed by atoms with Gasteiger partial charge >= 0.3 is 5.97 Å². The third kappa shape index (κ3) is 7.40. The van der Waals surface area contributed by atoms with E-state index in [1.54, 1.807) is 24.3 Å². The molecule has 2 fully saturated rings. The van der Waals surface area contributed by atoms with Crippen LogP contribution in [0.15, 0.2) is 59.8 Å². The number of hydrogen-bond donors (Lipinski definition) is 3. The third-order valence-corrected chi connectivity index (χ3v) is 11.0. The number of fused-ring (bicyclic) bond motifs is 1. The fourth-order valence-electron chi connectivity index (χ4n) is 6.06. The lowest BCUT2D eigenvalue weighted by Crippen LogP contribution is -2.53. The Labute approximate surface area is 280 Å². The number of nitrogens with one attached hydrogen (secondary N) is 2. The summed E-state index contributed by atoms with van der Waals surface area (Å²) in [6.45, 7) is 0.135. The minimum Gasteiger partial charge on any atom is -0.480 e. The van der Waals surface area contributed by atoms with Crippen LogP contribution in [0.2, 0.25) is 20.1 Å². The smallest absolute Gasteiger partial charge is 0.326 e. The SMILES string of the molecule is O=C(Nc1ccc(C[C@H](NC(=O)[C@H]2C3CCCCC3CN2S(=O)(=O)c2cc(Cl)cc(Cl)c2)C(=O)O)cc1)c1c(Cl)cncc1Cl. The molecule has 1 aliphatic carbocycles. The van der Waals surface area contributed by atoms with Crippen LogP contribution in [0.25, 0.3) is 0 Å². The number of pyridine rings is 1. The molecule has 4 atom stereocenters. The second kappa shape index (κ2) is 13.8. The molecule has 0 bridgehead atoms. The van der Waals surface area contributed by atoms with Gasteiger partial charge < -0.3 is 15.7 Å². The summed E-state index contributed by atoms with van der Waals surface area (Å²) in [5.41, 5.74) is 1.02. The maximum absolute atomic E-state index is 13.8. The number of carboxylic acid groups (broad SMARTS) is 1. The standard InChI is InChI=1S/C30H28Cl4N4O6S/c31-18-10-19(32)12-21(11-18)45(43,44)38-15-17-3-1-2-4-22(17)27(38)29(40)37-25(30(41)42)9-16-5-7-20(8-6-16)36-28(39)26-23(33)13-35-14-24(26)34/h5-8,10-14,17,22,25,27H,1-4,9,15H2,(H,36,39)(H,37,40)(H,41,42)/t17?,22?,25-,27+/m0/s1. The molecule has 1 aromatic heterocycles. The number of aliphatic carboxylic acids is 1. The fraction of sp³-hybridized carbons (Fsp3) is 0.333. The molecule has 2 unspecified atom stereocenters. The van der Waals surface area contributed by atoms with Gasteiger partial charge in [-0.15, -0.1) is 0 Å². The van der Waals surface area contributed by atoms with E-state index in [1.807, 2.05) is 0 Å². The summed E-state index contributed by atoms with van der Waals surface area (Å²) in [6.07, 6.45) is 5.68. The molecule has 2 aromatic carbocycles. The van der Waals surface area contributed by atoms with Crippen LogP contribution >= 0.6 is 46.4 Å². The van der Waals surface area contributed by atoms with Crippen LogP contribution in [0.1, 0.15) is 41.6 Å². The number of carboxylic acids is 1. The van der Waals surface area contributed by atoms with Crippen molar-refractivity contribution in [1.29, 1.82) is 0 Å². The van der Waals surface area contributed by atoms with Crippen LogP contribution in [0.3, 0.4) is 0 Å². The molecule has 10 nitrogen and oxygen atoms in total. The lowest BCUT2D eigenvalue weighted by molar-refractivity contribution is -0.142. The van der Waals surface area contributed by atoms with E-state index in [0.717, 1.165) is 19.3 Å². The summed E-state index contributed by atoms with van der Waals surface area (Å²) in [5, 5.41) is 15.7. The molecular weight excluding hydrogens is 686 g/mol. The summed E-state index contributed by atoms with van der Waals surface area (Å²) < 4.78 is 28.8. The number of rotatable bonds is 9. The molecule has 15 heteroatoms. The molecule has 1 saturated heterocycles.